The van der Waals surface area contributed by atoms with E-state index in [1.165, 1.54) is 12.1 Å². The van der Waals surface area contributed by atoms with Crippen molar-refractivity contribution in [2.24, 2.45) is 4.99 Å². The van der Waals surface area contributed by atoms with Crippen molar-refractivity contribution in [1.82, 2.24) is 4.57 Å². The van der Waals surface area contributed by atoms with Crippen LogP contribution < -0.4 is 0 Å². The van der Waals surface area contributed by atoms with Crippen LogP contribution in [0.25, 0.3) is 0 Å². The Morgan fingerprint density at radius 3 is 3.09 bits per heavy atom. The van der Waals surface area contributed by atoms with Crippen LogP contribution in [0, 0.1) is 5.82 Å². The van der Waals surface area contributed by atoms with Crippen LogP contribution in [0.2, 0.25) is 5.02 Å². The topological polar surface area (TPSA) is 26.5 Å². The Morgan fingerprint density at radius 2 is 2.30 bits per heavy atom. The van der Waals surface area contributed by atoms with Crippen LogP contribution in [0.5, 0.6) is 0 Å². The summed E-state index contributed by atoms with van der Waals surface area (Å²) in [7, 11) is 0. The van der Waals surface area contributed by atoms with Crippen molar-refractivity contribution in [3.63, 3.8) is 0 Å². The highest BCUT2D eigenvalue weighted by Crippen LogP contribution is 2.21. The van der Waals surface area contributed by atoms with Crippen LogP contribution in [0.3, 0.4) is 0 Å². The smallest absolute Gasteiger partial charge is 0.233 e. The van der Waals surface area contributed by atoms with Gasteiger partial charge in [0, 0.05) is 23.5 Å². The predicted octanol–water partition coefficient (Wildman–Crippen LogP) is 4.23. The van der Waals surface area contributed by atoms with Crippen molar-refractivity contribution >= 4 is 29.3 Å². The minimum atomic E-state index is -0.328. The van der Waals surface area contributed by atoms with E-state index in [-0.39, 0.29) is 11.9 Å². The lowest BCUT2D eigenvalue weighted by Crippen LogP contribution is -2.11. The first-order chi connectivity index (χ1) is 11.2. The van der Waals surface area contributed by atoms with Gasteiger partial charge in [-0.25, -0.2) is 9.38 Å². The summed E-state index contributed by atoms with van der Waals surface area (Å²) in [5.41, 5.74) is 1.79. The van der Waals surface area contributed by atoms with Gasteiger partial charge in [-0.15, -0.1) is 0 Å². The summed E-state index contributed by atoms with van der Waals surface area (Å²) >= 11 is 7.99. The van der Waals surface area contributed by atoms with Crippen LogP contribution in [0.4, 0.5) is 4.39 Å². The second-order valence-corrected chi connectivity index (χ2v) is 7.04. The van der Waals surface area contributed by atoms with Crippen LogP contribution >= 0.6 is 23.4 Å². The van der Waals surface area contributed by atoms with E-state index in [1.54, 1.807) is 6.07 Å². The number of aliphatic imine (C=N–C) groups is 1. The normalized spacial score (nSPS) is 17.2. The molecule has 3 nitrogen and oxygen atoms in total. The second-order valence-electron chi connectivity index (χ2n) is 5.32. The molecule has 2 aromatic rings. The van der Waals surface area contributed by atoms with Crippen molar-refractivity contribution < 1.29 is 9.13 Å². The van der Waals surface area contributed by atoms with Crippen molar-refractivity contribution in [1.29, 1.82) is 0 Å². The molecule has 0 fully saturated rings. The number of rotatable bonds is 6. The van der Waals surface area contributed by atoms with E-state index >= 15 is 0 Å². The van der Waals surface area contributed by atoms with Crippen molar-refractivity contribution in [2.75, 3.05) is 18.1 Å². The summed E-state index contributed by atoms with van der Waals surface area (Å²) < 4.78 is 20.9. The van der Waals surface area contributed by atoms with E-state index in [1.807, 2.05) is 34.7 Å². The Morgan fingerprint density at radius 1 is 1.43 bits per heavy atom. The summed E-state index contributed by atoms with van der Waals surface area (Å²) in [5, 5.41) is 0.427. The molecule has 6 heteroatoms. The zero-order valence-corrected chi connectivity index (χ0v) is 14.4. The van der Waals surface area contributed by atoms with Gasteiger partial charge in [0.1, 0.15) is 18.1 Å². The van der Waals surface area contributed by atoms with Crippen LogP contribution in [0.1, 0.15) is 18.2 Å². The maximum absolute atomic E-state index is 13.2. The van der Waals surface area contributed by atoms with Gasteiger partial charge in [0.05, 0.1) is 6.04 Å². The van der Waals surface area contributed by atoms with Crippen molar-refractivity contribution in [3.05, 3.63) is 58.6 Å². The van der Waals surface area contributed by atoms with Crippen molar-refractivity contribution in [3.8, 4) is 0 Å². The van der Waals surface area contributed by atoms with E-state index in [0.717, 1.165) is 22.8 Å². The fraction of sp³-hybridized carbons (Fsp3) is 0.353. The van der Waals surface area contributed by atoms with E-state index < -0.39 is 0 Å². The van der Waals surface area contributed by atoms with Gasteiger partial charge in [0.25, 0.3) is 0 Å². The molecule has 122 valence electrons. The number of hydrogen-bond donors (Lipinski definition) is 0. The fourth-order valence-electron chi connectivity index (χ4n) is 2.47. The summed E-state index contributed by atoms with van der Waals surface area (Å²) in [5.74, 6) is 2.41. The number of thioether (sulfide) groups is 1. The highest BCUT2D eigenvalue weighted by atomic mass is 35.5. The van der Waals surface area contributed by atoms with Gasteiger partial charge >= 0.3 is 0 Å². The largest absolute Gasteiger partial charge is 0.474 e. The lowest BCUT2D eigenvalue weighted by Gasteiger charge is -2.10. The van der Waals surface area contributed by atoms with Crippen LogP contribution in [-0.2, 0) is 11.3 Å². The van der Waals surface area contributed by atoms with Gasteiger partial charge in [-0.2, -0.15) is 11.8 Å². The van der Waals surface area contributed by atoms with E-state index in [0.29, 0.717) is 24.1 Å². The predicted molar refractivity (Wildman–Crippen MR) is 94.2 cm³/mol. The molecule has 0 bridgehead atoms. The molecule has 2 heterocycles. The Balaban J connectivity index is 1.77. The highest BCUT2D eigenvalue weighted by molar-refractivity contribution is 7.99. The lowest BCUT2D eigenvalue weighted by atomic mass is 10.2. The van der Waals surface area contributed by atoms with Gasteiger partial charge < -0.3 is 9.30 Å². The number of ether oxygens (including phenoxy) is 1. The van der Waals surface area contributed by atoms with Crippen LogP contribution in [-0.4, -0.2) is 34.6 Å². The van der Waals surface area contributed by atoms with E-state index in [4.69, 9.17) is 16.3 Å². The average Bonchev–Trinajstić information content (AvgIpc) is 3.16. The Labute approximate surface area is 144 Å². The Kier molecular flexibility index (Phi) is 5.28. The van der Waals surface area contributed by atoms with Gasteiger partial charge in [-0.05, 0) is 35.6 Å². The van der Waals surface area contributed by atoms with Crippen molar-refractivity contribution in [2.45, 2.75) is 19.5 Å². The minimum absolute atomic E-state index is 0.215. The quantitative estimate of drug-likeness (QED) is 0.777. The third kappa shape index (κ3) is 3.90. The zero-order chi connectivity index (χ0) is 16.2. The summed E-state index contributed by atoms with van der Waals surface area (Å²) in [4.78, 5) is 4.67. The monoisotopic (exact) mass is 352 g/mol. The lowest BCUT2D eigenvalue weighted by molar-refractivity contribution is 0.323. The minimum Gasteiger partial charge on any atom is -0.474 e. The Hall–Kier alpha value is -1.46. The van der Waals surface area contributed by atoms with Gasteiger partial charge in [-0.3, -0.25) is 0 Å². The van der Waals surface area contributed by atoms with Crippen LogP contribution in [0.15, 0.2) is 41.5 Å². The molecule has 1 aromatic carbocycles. The molecule has 0 saturated carbocycles. The molecule has 23 heavy (non-hydrogen) atoms. The maximum atomic E-state index is 13.2. The molecule has 0 aliphatic carbocycles. The van der Waals surface area contributed by atoms with E-state index in [2.05, 4.69) is 11.9 Å². The molecule has 0 saturated heterocycles. The summed E-state index contributed by atoms with van der Waals surface area (Å²) in [6.07, 6.45) is 1.95. The first-order valence-corrected chi connectivity index (χ1v) is 9.08. The standard InChI is InChI=1S/C17H18ClFN2OS/c1-2-23-11-14-10-22-17(20-14)16-4-3-7-21(16)9-12-5-6-13(19)8-15(12)18/h3-8,14H,2,9-11H2,1H3. The molecule has 3 rings (SSSR count). The zero-order valence-electron chi connectivity index (χ0n) is 12.8. The molecule has 0 amide bonds. The summed E-state index contributed by atoms with van der Waals surface area (Å²) in [6, 6.07) is 8.61. The molecule has 0 radical (unpaired) electrons. The number of halogens is 2. The summed E-state index contributed by atoms with van der Waals surface area (Å²) in [6.45, 7) is 3.33. The third-order valence-electron chi connectivity index (χ3n) is 3.63. The van der Waals surface area contributed by atoms with Gasteiger partial charge in [-0.1, -0.05) is 24.6 Å². The molecule has 0 N–H and O–H groups in total. The van der Waals surface area contributed by atoms with E-state index in [9.17, 15) is 4.39 Å². The first kappa shape index (κ1) is 16.4. The fourth-order valence-corrected chi connectivity index (χ4v) is 3.38. The molecule has 1 atom stereocenters. The number of hydrogen-bond acceptors (Lipinski definition) is 3. The average molecular weight is 353 g/mol. The maximum Gasteiger partial charge on any atom is 0.233 e. The Bertz CT molecular complexity index is 716. The number of aromatic nitrogens is 1. The third-order valence-corrected chi connectivity index (χ3v) is 5.01. The first-order valence-electron chi connectivity index (χ1n) is 7.55. The number of benzene rings is 1. The molecule has 1 aromatic heterocycles. The molecule has 0 spiro atoms. The SMILES string of the molecule is CCSCC1COC(c2cccn2Cc2ccc(F)cc2Cl)=N1. The molecule has 1 unspecified atom stereocenters. The second kappa shape index (κ2) is 7.41. The highest BCUT2D eigenvalue weighted by Gasteiger charge is 2.22. The molecular weight excluding hydrogens is 335 g/mol. The number of nitrogens with zero attached hydrogens (tertiary/aromatic N) is 2. The van der Waals surface area contributed by atoms with Gasteiger partial charge in [0.2, 0.25) is 5.90 Å². The molecule has 1 aliphatic heterocycles. The van der Waals surface area contributed by atoms with Gasteiger partial charge in [0.15, 0.2) is 0 Å². The molecular formula is C17H18ClFN2OS. The molecule has 1 aliphatic rings.